The van der Waals surface area contributed by atoms with Gasteiger partial charge in [0.2, 0.25) is 0 Å². The summed E-state index contributed by atoms with van der Waals surface area (Å²) in [4.78, 5) is 0. The Bertz CT molecular complexity index is 6.85. The van der Waals surface area contributed by atoms with Crippen molar-refractivity contribution in [3.63, 3.8) is 0 Å². The SMILES string of the molecule is Cl.[Cd].[Cl][Zn][Cl]. The molecule has 0 rings (SSSR count). The molecule has 0 spiro atoms. The van der Waals surface area contributed by atoms with Crippen molar-refractivity contribution < 1.29 is 42.4 Å². The first kappa shape index (κ1) is 15.7. The Balaban J connectivity index is -0.0000000200. The zero-order valence-corrected chi connectivity index (χ0v) is 11.9. The van der Waals surface area contributed by atoms with Gasteiger partial charge in [-0.1, -0.05) is 0 Å². The molecule has 0 amide bonds. The van der Waals surface area contributed by atoms with Gasteiger partial charge in [-0.25, -0.2) is 0 Å². The summed E-state index contributed by atoms with van der Waals surface area (Å²) in [5.74, 6) is 0. The zero-order chi connectivity index (χ0) is 2.71. The van der Waals surface area contributed by atoms with Crippen LogP contribution >= 0.6 is 31.8 Å². The van der Waals surface area contributed by atoms with Gasteiger partial charge in [-0.3, -0.25) is 0 Å². The molecule has 0 unspecified atom stereocenters. The molecule has 0 radical (unpaired) electrons. The van der Waals surface area contributed by atoms with Crippen molar-refractivity contribution in [2.24, 2.45) is 0 Å². The molecule has 0 saturated carbocycles. The van der Waals surface area contributed by atoms with E-state index in [1.807, 2.05) is 0 Å². The molecule has 0 N–H and O–H groups in total. The maximum atomic E-state index is 4.95. The molecule has 5 heavy (non-hydrogen) atoms. The molecule has 5 heteroatoms. The number of hydrogen-bond acceptors (Lipinski definition) is 0. The third-order valence-electron chi connectivity index (χ3n) is 0. The molecule has 0 fully saturated rings. The second kappa shape index (κ2) is 16.1. The van der Waals surface area contributed by atoms with Crippen LogP contribution < -0.4 is 0 Å². The van der Waals surface area contributed by atoms with E-state index in [9.17, 15) is 0 Å². The normalized spacial score (nSPS) is 2.00. The van der Waals surface area contributed by atoms with Gasteiger partial charge < -0.3 is 0 Å². The predicted octanol–water partition coefficient (Wildman–Crippen LogP) is 1.80. The number of halogens is 3. The van der Waals surface area contributed by atoms with E-state index < -0.39 is 15.1 Å². The summed E-state index contributed by atoms with van der Waals surface area (Å²) < 4.78 is 0. The van der Waals surface area contributed by atoms with Gasteiger partial charge in [0.25, 0.3) is 0 Å². The third kappa shape index (κ3) is 21.4. The van der Waals surface area contributed by atoms with Crippen LogP contribution in [-0.2, 0) is 42.4 Å². The van der Waals surface area contributed by atoms with Crippen LogP contribution in [-0.4, -0.2) is 0 Å². The van der Waals surface area contributed by atoms with Crippen LogP contribution in [0.5, 0.6) is 0 Å². The van der Waals surface area contributed by atoms with E-state index in [0.29, 0.717) is 0 Å². The van der Waals surface area contributed by atoms with Crippen LogP contribution in [0.15, 0.2) is 0 Å². The number of hydrogen-bond donors (Lipinski definition) is 0. The summed E-state index contributed by atoms with van der Waals surface area (Å²) in [6.07, 6.45) is 0. The number of rotatable bonds is 0. The van der Waals surface area contributed by atoms with Crippen molar-refractivity contribution in [2.45, 2.75) is 0 Å². The van der Waals surface area contributed by atoms with E-state index in [0.717, 1.165) is 0 Å². The molecule has 0 nitrogen and oxygen atoms in total. The topological polar surface area (TPSA) is 0 Å². The first-order valence-corrected chi connectivity index (χ1v) is 8.33. The van der Waals surface area contributed by atoms with Crippen LogP contribution in [0.1, 0.15) is 0 Å². The Labute approximate surface area is 73.2 Å². The van der Waals surface area contributed by atoms with E-state index in [2.05, 4.69) is 0 Å². The molecule has 26 valence electrons. The van der Waals surface area contributed by atoms with Crippen LogP contribution in [0, 0.1) is 0 Å². The maximum absolute atomic E-state index is 4.95. The molecule has 0 aliphatic carbocycles. The van der Waals surface area contributed by atoms with E-state index in [1.54, 1.807) is 0 Å². The van der Waals surface area contributed by atoms with Gasteiger partial charge in [-0.2, -0.15) is 0 Å². The molecule has 0 saturated heterocycles. The first-order chi connectivity index (χ1) is 1.41. The summed E-state index contributed by atoms with van der Waals surface area (Å²) in [7, 11) is 9.90. The van der Waals surface area contributed by atoms with Crippen molar-refractivity contribution in [1.29, 1.82) is 0 Å². The summed E-state index contributed by atoms with van der Waals surface area (Å²) >= 11 is -0.931. The Morgan fingerprint density at radius 2 is 1.20 bits per heavy atom. The monoisotopic (exact) mass is 284 g/mol. The third-order valence-corrected chi connectivity index (χ3v) is 0. The molecular weight excluding hydrogens is 284 g/mol. The van der Waals surface area contributed by atoms with Gasteiger partial charge in [0.05, 0.1) is 0 Å². The minimum atomic E-state index is -0.931. The Kier molecular flexibility index (Phi) is 50.5. The van der Waals surface area contributed by atoms with Gasteiger partial charge in [0, 0.05) is 27.3 Å². The second-order valence-electron chi connectivity index (χ2n) is 0.101. The fraction of sp³-hybridized carbons (Fsp3) is 0. The van der Waals surface area contributed by atoms with Crippen molar-refractivity contribution in [2.75, 3.05) is 0 Å². The average Bonchev–Trinajstić information content (AvgIpc) is 0.918. The fourth-order valence-electron chi connectivity index (χ4n) is 0. The van der Waals surface area contributed by atoms with Gasteiger partial charge >= 0.3 is 34.5 Å². The summed E-state index contributed by atoms with van der Waals surface area (Å²) in [5.41, 5.74) is 0. The average molecular weight is 285 g/mol. The van der Waals surface area contributed by atoms with Crippen LogP contribution in [0.2, 0.25) is 0 Å². The second-order valence-corrected chi connectivity index (χ2v) is 4.72. The standard InChI is InChI=1S/Cd.3ClH.Zn/h;3*1H;/q;;;;+2/p-2. The molecule has 0 aromatic carbocycles. The van der Waals surface area contributed by atoms with Gasteiger partial charge in [0.15, 0.2) is 0 Å². The molecule has 0 aromatic rings. The minimum absolute atomic E-state index is 0. The summed E-state index contributed by atoms with van der Waals surface area (Å²) in [5, 5.41) is 0. The van der Waals surface area contributed by atoms with Crippen molar-refractivity contribution in [3.05, 3.63) is 0 Å². The van der Waals surface area contributed by atoms with Gasteiger partial charge in [-0.05, 0) is 0 Å². The Hall–Kier alpha value is 2.42. The van der Waals surface area contributed by atoms with Crippen LogP contribution in [0.4, 0.5) is 0 Å². The molecular formula is HCdCl3Zn. The van der Waals surface area contributed by atoms with Crippen molar-refractivity contribution in [1.82, 2.24) is 0 Å². The van der Waals surface area contributed by atoms with E-state index >= 15 is 0 Å². The van der Waals surface area contributed by atoms with Gasteiger partial charge in [0.1, 0.15) is 0 Å². The van der Waals surface area contributed by atoms with Crippen LogP contribution in [0.3, 0.4) is 0 Å². The molecule has 0 aliphatic heterocycles. The summed E-state index contributed by atoms with van der Waals surface area (Å²) in [6, 6.07) is 0. The molecule has 0 bridgehead atoms. The van der Waals surface area contributed by atoms with Gasteiger partial charge in [-0.15, -0.1) is 12.4 Å². The first-order valence-electron chi connectivity index (χ1n) is 0.535. The Morgan fingerprint density at radius 1 is 1.20 bits per heavy atom. The quantitative estimate of drug-likeness (QED) is 0.595. The molecule has 0 aromatic heterocycles. The van der Waals surface area contributed by atoms with Crippen molar-refractivity contribution in [3.8, 4) is 0 Å². The molecule has 0 atom stereocenters. The molecule has 0 heterocycles. The predicted molar refractivity (Wildman–Crippen MR) is 19.0 cm³/mol. The molecule has 0 aliphatic rings. The Morgan fingerprint density at radius 3 is 1.20 bits per heavy atom. The van der Waals surface area contributed by atoms with Crippen molar-refractivity contribution >= 4 is 31.8 Å². The van der Waals surface area contributed by atoms with Crippen LogP contribution in [0.25, 0.3) is 0 Å². The fourth-order valence-corrected chi connectivity index (χ4v) is 0. The van der Waals surface area contributed by atoms with E-state index in [4.69, 9.17) is 19.4 Å². The zero-order valence-electron chi connectivity index (χ0n) is 2.58. The summed E-state index contributed by atoms with van der Waals surface area (Å²) in [6.45, 7) is 0. The van der Waals surface area contributed by atoms with E-state index in [1.165, 1.54) is 0 Å². The van der Waals surface area contributed by atoms with E-state index in [-0.39, 0.29) is 39.7 Å².